The standard InChI is InChI=1S/C9H4BrCl3N2O2S2/c10-4-1-5(8(12)14-3-4)15-19(16,17)6-2-7(11)18-9(6)13/h1-3,15H. The second-order valence-corrected chi connectivity index (χ2v) is 8.50. The highest BCUT2D eigenvalue weighted by atomic mass is 79.9. The van der Waals surface area contributed by atoms with Gasteiger partial charge in [-0.2, -0.15) is 0 Å². The van der Waals surface area contributed by atoms with Crippen molar-refractivity contribution < 1.29 is 8.42 Å². The van der Waals surface area contributed by atoms with Crippen molar-refractivity contribution >= 4 is 77.8 Å². The summed E-state index contributed by atoms with van der Waals surface area (Å²) in [6.07, 6.45) is 1.45. The highest BCUT2D eigenvalue weighted by molar-refractivity contribution is 9.10. The highest BCUT2D eigenvalue weighted by Gasteiger charge is 2.22. The van der Waals surface area contributed by atoms with Gasteiger partial charge in [-0.3, -0.25) is 4.72 Å². The summed E-state index contributed by atoms with van der Waals surface area (Å²) >= 11 is 21.5. The monoisotopic (exact) mass is 420 g/mol. The number of rotatable bonds is 3. The number of hydrogen-bond acceptors (Lipinski definition) is 4. The van der Waals surface area contributed by atoms with E-state index in [1.165, 1.54) is 18.3 Å². The van der Waals surface area contributed by atoms with E-state index < -0.39 is 10.0 Å². The van der Waals surface area contributed by atoms with Gasteiger partial charge < -0.3 is 0 Å². The van der Waals surface area contributed by atoms with Gasteiger partial charge in [0.05, 0.1) is 10.0 Å². The fraction of sp³-hybridized carbons (Fsp3) is 0. The zero-order valence-electron chi connectivity index (χ0n) is 8.82. The molecule has 2 heterocycles. The van der Waals surface area contributed by atoms with E-state index in [4.69, 9.17) is 34.8 Å². The third-order valence-electron chi connectivity index (χ3n) is 1.96. The molecule has 2 aromatic rings. The lowest BCUT2D eigenvalue weighted by Crippen LogP contribution is -2.13. The number of nitrogens with zero attached hydrogens (tertiary/aromatic N) is 1. The molecule has 0 atom stereocenters. The molecule has 10 heteroatoms. The van der Waals surface area contributed by atoms with E-state index in [2.05, 4.69) is 25.6 Å². The van der Waals surface area contributed by atoms with Gasteiger partial charge in [0.2, 0.25) is 0 Å². The van der Waals surface area contributed by atoms with Crippen LogP contribution in [0.2, 0.25) is 13.8 Å². The Hall–Kier alpha value is -0.0500. The molecule has 0 aliphatic heterocycles. The summed E-state index contributed by atoms with van der Waals surface area (Å²) in [7, 11) is -3.86. The van der Waals surface area contributed by atoms with E-state index in [0.29, 0.717) is 4.47 Å². The van der Waals surface area contributed by atoms with Crippen LogP contribution in [0.3, 0.4) is 0 Å². The van der Waals surface area contributed by atoms with Crippen molar-refractivity contribution in [2.45, 2.75) is 4.90 Å². The van der Waals surface area contributed by atoms with E-state index >= 15 is 0 Å². The van der Waals surface area contributed by atoms with Crippen LogP contribution in [-0.2, 0) is 10.0 Å². The first-order chi connectivity index (χ1) is 8.79. The van der Waals surface area contributed by atoms with Gasteiger partial charge in [-0.05, 0) is 28.1 Å². The number of pyridine rings is 1. The predicted molar refractivity (Wildman–Crippen MR) is 82.1 cm³/mol. The van der Waals surface area contributed by atoms with Crippen LogP contribution < -0.4 is 4.72 Å². The minimum absolute atomic E-state index is 0.0317. The molecule has 0 aliphatic carbocycles. The van der Waals surface area contributed by atoms with Crippen LogP contribution in [0.5, 0.6) is 0 Å². The average Bonchev–Trinajstić information content (AvgIpc) is 2.63. The van der Waals surface area contributed by atoms with E-state index in [9.17, 15) is 8.42 Å². The maximum atomic E-state index is 12.2. The molecule has 0 amide bonds. The molecule has 0 spiro atoms. The molecule has 0 aromatic carbocycles. The number of aromatic nitrogens is 1. The van der Waals surface area contributed by atoms with Gasteiger partial charge in [0, 0.05) is 10.7 Å². The SMILES string of the molecule is O=S(=O)(Nc1cc(Br)cnc1Cl)c1cc(Cl)sc1Cl. The average molecular weight is 423 g/mol. The zero-order valence-corrected chi connectivity index (χ0v) is 14.3. The first kappa shape index (κ1) is 15.3. The van der Waals surface area contributed by atoms with Gasteiger partial charge in [-0.25, -0.2) is 13.4 Å². The molecular formula is C9H4BrCl3N2O2S2. The van der Waals surface area contributed by atoms with Gasteiger partial charge in [-0.1, -0.05) is 34.8 Å². The summed E-state index contributed by atoms with van der Waals surface area (Å²) in [5, 5.41) is 0.0317. The molecule has 0 saturated carbocycles. The molecular weight excluding hydrogens is 419 g/mol. The number of nitrogens with one attached hydrogen (secondary N) is 1. The van der Waals surface area contributed by atoms with Crippen molar-refractivity contribution in [3.05, 3.63) is 36.6 Å². The van der Waals surface area contributed by atoms with Crippen molar-refractivity contribution in [2.75, 3.05) is 4.72 Å². The summed E-state index contributed by atoms with van der Waals surface area (Å²) in [6.45, 7) is 0. The third kappa shape index (κ3) is 3.53. The minimum Gasteiger partial charge on any atom is -0.276 e. The Bertz CT molecular complexity index is 733. The van der Waals surface area contributed by atoms with Crippen LogP contribution in [0.25, 0.3) is 0 Å². The molecule has 102 valence electrons. The molecule has 1 N–H and O–H groups in total. The summed E-state index contributed by atoms with van der Waals surface area (Å²) in [4.78, 5) is 3.72. The van der Waals surface area contributed by atoms with Crippen molar-refractivity contribution in [2.24, 2.45) is 0 Å². The van der Waals surface area contributed by atoms with Gasteiger partial charge in [0.15, 0.2) is 5.15 Å². The molecule has 0 bridgehead atoms. The van der Waals surface area contributed by atoms with Crippen LogP contribution in [0, 0.1) is 0 Å². The van der Waals surface area contributed by atoms with E-state index in [0.717, 1.165) is 11.3 Å². The maximum absolute atomic E-state index is 12.2. The van der Waals surface area contributed by atoms with Crippen molar-refractivity contribution in [3.8, 4) is 0 Å². The Labute approximate surface area is 136 Å². The smallest absolute Gasteiger partial charge is 0.264 e. The lowest BCUT2D eigenvalue weighted by Gasteiger charge is -2.08. The van der Waals surface area contributed by atoms with Gasteiger partial charge in [0.1, 0.15) is 9.23 Å². The molecule has 0 saturated heterocycles. The lowest BCUT2D eigenvalue weighted by atomic mass is 10.4. The maximum Gasteiger partial charge on any atom is 0.264 e. The molecule has 0 radical (unpaired) electrons. The van der Waals surface area contributed by atoms with Gasteiger partial charge in [0.25, 0.3) is 10.0 Å². The van der Waals surface area contributed by atoms with Crippen LogP contribution in [0.1, 0.15) is 0 Å². The number of hydrogen-bond donors (Lipinski definition) is 1. The number of thiophene rings is 1. The quantitative estimate of drug-likeness (QED) is 0.732. The highest BCUT2D eigenvalue weighted by Crippen LogP contribution is 2.35. The van der Waals surface area contributed by atoms with Crippen LogP contribution >= 0.6 is 62.1 Å². The Kier molecular flexibility index (Phi) is 4.64. The molecule has 2 aromatic heterocycles. The predicted octanol–water partition coefficient (Wildman–Crippen LogP) is 4.67. The van der Waals surface area contributed by atoms with Crippen molar-refractivity contribution in [1.29, 1.82) is 0 Å². The fourth-order valence-corrected chi connectivity index (χ4v) is 4.95. The Morgan fingerprint density at radius 2 is 1.95 bits per heavy atom. The summed E-state index contributed by atoms with van der Waals surface area (Å²) in [5.41, 5.74) is 0.148. The van der Waals surface area contributed by atoms with E-state index in [1.54, 1.807) is 0 Å². The summed E-state index contributed by atoms with van der Waals surface area (Å²) in [6, 6.07) is 2.77. The Morgan fingerprint density at radius 3 is 2.53 bits per heavy atom. The summed E-state index contributed by atoms with van der Waals surface area (Å²) < 4.78 is 27.6. The number of anilines is 1. The second-order valence-electron chi connectivity index (χ2n) is 3.29. The minimum atomic E-state index is -3.86. The normalized spacial score (nSPS) is 11.6. The molecule has 0 fully saturated rings. The summed E-state index contributed by atoms with van der Waals surface area (Å²) in [5.74, 6) is 0. The number of halogens is 4. The Balaban J connectivity index is 2.42. The first-order valence-corrected chi connectivity index (χ1v) is 8.81. The van der Waals surface area contributed by atoms with E-state index in [1.807, 2.05) is 0 Å². The third-order valence-corrected chi connectivity index (χ3v) is 5.82. The fourth-order valence-electron chi connectivity index (χ4n) is 1.20. The first-order valence-electron chi connectivity index (χ1n) is 4.58. The largest absolute Gasteiger partial charge is 0.276 e. The number of sulfonamides is 1. The Morgan fingerprint density at radius 1 is 1.26 bits per heavy atom. The topological polar surface area (TPSA) is 59.1 Å². The molecule has 19 heavy (non-hydrogen) atoms. The molecule has 0 aliphatic rings. The molecule has 2 rings (SSSR count). The zero-order chi connectivity index (χ0) is 14.2. The van der Waals surface area contributed by atoms with Crippen LogP contribution in [0.15, 0.2) is 27.7 Å². The van der Waals surface area contributed by atoms with Crippen LogP contribution in [-0.4, -0.2) is 13.4 Å². The molecule has 4 nitrogen and oxygen atoms in total. The van der Waals surface area contributed by atoms with Gasteiger partial charge >= 0.3 is 0 Å². The van der Waals surface area contributed by atoms with Gasteiger partial charge in [-0.15, -0.1) is 11.3 Å². The van der Waals surface area contributed by atoms with Crippen molar-refractivity contribution in [3.63, 3.8) is 0 Å². The van der Waals surface area contributed by atoms with Crippen LogP contribution in [0.4, 0.5) is 5.69 Å². The molecule has 0 unspecified atom stereocenters. The van der Waals surface area contributed by atoms with Crippen molar-refractivity contribution in [1.82, 2.24) is 4.98 Å². The second kappa shape index (κ2) is 5.75. The lowest BCUT2D eigenvalue weighted by molar-refractivity contribution is 0.601. The van der Waals surface area contributed by atoms with E-state index in [-0.39, 0.29) is 24.4 Å².